The van der Waals surface area contributed by atoms with Gasteiger partial charge in [-0.1, -0.05) is 12.1 Å². The molecule has 1 aromatic heterocycles. The second-order valence-corrected chi connectivity index (χ2v) is 4.47. The molecule has 0 aliphatic carbocycles. The molecule has 0 saturated carbocycles. The minimum absolute atomic E-state index is 0.180. The third kappa shape index (κ3) is 3.22. The van der Waals surface area contributed by atoms with Crippen molar-refractivity contribution >= 4 is 11.8 Å². The average molecular weight is 274 g/mol. The summed E-state index contributed by atoms with van der Waals surface area (Å²) in [6.45, 7) is 0. The molecule has 2 rings (SSSR count). The maximum absolute atomic E-state index is 12.2. The Labute approximate surface area is 106 Å². The highest BCUT2D eigenvalue weighted by Crippen LogP contribution is 2.39. The van der Waals surface area contributed by atoms with E-state index in [4.69, 9.17) is 9.15 Å². The van der Waals surface area contributed by atoms with Crippen molar-refractivity contribution in [3.8, 4) is 17.1 Å². The van der Waals surface area contributed by atoms with E-state index in [1.54, 1.807) is 24.3 Å². The Morgan fingerprint density at radius 1 is 1.17 bits per heavy atom. The van der Waals surface area contributed by atoms with Crippen molar-refractivity contribution in [2.45, 2.75) is 10.6 Å². The number of halogens is 3. The molecule has 96 valence electrons. The van der Waals surface area contributed by atoms with Crippen LogP contribution in [0.15, 0.2) is 45.9 Å². The van der Waals surface area contributed by atoms with Crippen LogP contribution in [0.4, 0.5) is 13.2 Å². The first-order valence-corrected chi connectivity index (χ1v) is 5.79. The van der Waals surface area contributed by atoms with Crippen molar-refractivity contribution in [3.63, 3.8) is 0 Å². The van der Waals surface area contributed by atoms with Gasteiger partial charge in [-0.3, -0.25) is 0 Å². The smallest absolute Gasteiger partial charge is 0.449 e. The summed E-state index contributed by atoms with van der Waals surface area (Å²) < 4.78 is 46.6. The van der Waals surface area contributed by atoms with Crippen molar-refractivity contribution in [3.05, 3.63) is 36.4 Å². The normalized spacial score (nSPS) is 11.6. The zero-order valence-electron chi connectivity index (χ0n) is 9.32. The van der Waals surface area contributed by atoms with E-state index in [-0.39, 0.29) is 16.9 Å². The topological polar surface area (TPSA) is 22.4 Å². The minimum atomic E-state index is -4.34. The van der Waals surface area contributed by atoms with Crippen LogP contribution in [0.2, 0.25) is 0 Å². The number of ether oxygens (including phenoxy) is 1. The van der Waals surface area contributed by atoms with Crippen LogP contribution in [0.5, 0.6) is 5.75 Å². The second kappa shape index (κ2) is 4.97. The lowest BCUT2D eigenvalue weighted by atomic mass is 10.2. The molecule has 0 atom stereocenters. The van der Waals surface area contributed by atoms with Gasteiger partial charge in [0.05, 0.1) is 7.11 Å². The molecular formula is C12H9F3O2S. The van der Waals surface area contributed by atoms with E-state index < -0.39 is 5.51 Å². The van der Waals surface area contributed by atoms with Crippen LogP contribution in [0.25, 0.3) is 11.3 Å². The van der Waals surface area contributed by atoms with Gasteiger partial charge in [0.25, 0.3) is 0 Å². The van der Waals surface area contributed by atoms with Crippen LogP contribution in [0, 0.1) is 0 Å². The van der Waals surface area contributed by atoms with Gasteiger partial charge in [-0.05, 0) is 24.3 Å². The molecule has 2 nitrogen and oxygen atoms in total. The van der Waals surface area contributed by atoms with Crippen LogP contribution < -0.4 is 4.74 Å². The number of hydrogen-bond donors (Lipinski definition) is 0. The van der Waals surface area contributed by atoms with E-state index >= 15 is 0 Å². The van der Waals surface area contributed by atoms with Crippen LogP contribution >= 0.6 is 11.8 Å². The highest BCUT2D eigenvalue weighted by Gasteiger charge is 2.31. The lowest BCUT2D eigenvalue weighted by Crippen LogP contribution is -1.97. The molecule has 18 heavy (non-hydrogen) atoms. The summed E-state index contributed by atoms with van der Waals surface area (Å²) in [5.74, 6) is 0.995. The van der Waals surface area contributed by atoms with Crippen molar-refractivity contribution in [2.24, 2.45) is 0 Å². The Hall–Kier alpha value is -1.56. The van der Waals surface area contributed by atoms with E-state index in [9.17, 15) is 13.2 Å². The molecule has 0 amide bonds. The van der Waals surface area contributed by atoms with Gasteiger partial charge >= 0.3 is 5.51 Å². The highest BCUT2D eigenvalue weighted by atomic mass is 32.2. The van der Waals surface area contributed by atoms with Crippen molar-refractivity contribution in [1.29, 1.82) is 0 Å². The van der Waals surface area contributed by atoms with Crippen LogP contribution in [-0.4, -0.2) is 12.6 Å². The number of benzene rings is 1. The van der Waals surface area contributed by atoms with Gasteiger partial charge in [-0.15, -0.1) is 0 Å². The average Bonchev–Trinajstić information content (AvgIpc) is 2.75. The zero-order chi connectivity index (χ0) is 13.2. The Bertz CT molecular complexity index is 534. The standard InChI is InChI=1S/C12H9F3O2S/c1-16-9-4-2-3-8(7-9)10-5-6-11(17-10)18-12(13,14)15/h2-7H,1H3. The van der Waals surface area contributed by atoms with E-state index in [1.807, 2.05) is 0 Å². The Morgan fingerprint density at radius 2 is 1.94 bits per heavy atom. The predicted molar refractivity (Wildman–Crippen MR) is 62.6 cm³/mol. The maximum Gasteiger partial charge on any atom is 0.449 e. The van der Waals surface area contributed by atoms with Crippen molar-refractivity contribution < 1.29 is 22.3 Å². The van der Waals surface area contributed by atoms with Gasteiger partial charge in [0.1, 0.15) is 11.5 Å². The second-order valence-electron chi connectivity index (χ2n) is 3.40. The zero-order valence-corrected chi connectivity index (χ0v) is 10.1. The molecule has 0 radical (unpaired) electrons. The molecule has 0 saturated heterocycles. The van der Waals surface area contributed by atoms with Gasteiger partial charge in [-0.2, -0.15) is 13.2 Å². The van der Waals surface area contributed by atoms with E-state index in [0.29, 0.717) is 17.1 Å². The van der Waals surface area contributed by atoms with Crippen molar-refractivity contribution in [2.75, 3.05) is 7.11 Å². The fourth-order valence-electron chi connectivity index (χ4n) is 1.42. The lowest BCUT2D eigenvalue weighted by molar-refractivity contribution is -0.0334. The molecule has 0 bridgehead atoms. The fourth-order valence-corrected chi connectivity index (χ4v) is 1.92. The Kier molecular flexibility index (Phi) is 3.56. The first kappa shape index (κ1) is 12.9. The Morgan fingerprint density at radius 3 is 2.61 bits per heavy atom. The molecule has 1 heterocycles. The summed E-state index contributed by atoms with van der Waals surface area (Å²) in [6.07, 6.45) is 0. The molecule has 2 aromatic rings. The van der Waals surface area contributed by atoms with Gasteiger partial charge in [0.15, 0.2) is 5.09 Å². The molecule has 0 fully saturated rings. The van der Waals surface area contributed by atoms with Gasteiger partial charge in [-0.25, -0.2) is 0 Å². The molecule has 0 spiro atoms. The summed E-state index contributed by atoms with van der Waals surface area (Å²) in [4.78, 5) is 0. The lowest BCUT2D eigenvalue weighted by Gasteiger charge is -2.03. The first-order chi connectivity index (χ1) is 8.48. The molecule has 6 heteroatoms. The highest BCUT2D eigenvalue weighted by molar-refractivity contribution is 8.00. The largest absolute Gasteiger partial charge is 0.497 e. The maximum atomic E-state index is 12.2. The Balaban J connectivity index is 2.23. The van der Waals surface area contributed by atoms with Gasteiger partial charge in [0.2, 0.25) is 0 Å². The summed E-state index contributed by atoms with van der Waals surface area (Å²) in [5.41, 5.74) is -3.67. The summed E-state index contributed by atoms with van der Waals surface area (Å²) in [6, 6.07) is 9.73. The fraction of sp³-hybridized carbons (Fsp3) is 0.167. The number of alkyl halides is 3. The predicted octanol–water partition coefficient (Wildman–Crippen LogP) is 4.57. The van der Waals surface area contributed by atoms with E-state index in [0.717, 1.165) is 0 Å². The van der Waals surface area contributed by atoms with E-state index in [1.165, 1.54) is 19.2 Å². The quantitative estimate of drug-likeness (QED) is 0.766. The van der Waals surface area contributed by atoms with Crippen molar-refractivity contribution in [1.82, 2.24) is 0 Å². The number of hydrogen-bond acceptors (Lipinski definition) is 3. The number of furan rings is 1. The molecule has 1 aromatic carbocycles. The van der Waals surface area contributed by atoms with Crippen LogP contribution in [0.1, 0.15) is 0 Å². The summed E-state index contributed by atoms with van der Waals surface area (Å²) in [7, 11) is 1.52. The molecule has 0 unspecified atom stereocenters. The first-order valence-electron chi connectivity index (χ1n) is 4.98. The molecule has 0 N–H and O–H groups in total. The summed E-state index contributed by atoms with van der Waals surface area (Å²) in [5, 5.41) is -0.180. The third-order valence-electron chi connectivity index (χ3n) is 2.15. The molecular weight excluding hydrogens is 265 g/mol. The van der Waals surface area contributed by atoms with Crippen LogP contribution in [0.3, 0.4) is 0 Å². The number of rotatable bonds is 3. The summed E-state index contributed by atoms with van der Waals surface area (Å²) >= 11 is -0.272. The van der Waals surface area contributed by atoms with Crippen LogP contribution in [-0.2, 0) is 0 Å². The van der Waals surface area contributed by atoms with E-state index in [2.05, 4.69) is 0 Å². The molecule has 0 aliphatic rings. The number of methoxy groups -OCH3 is 1. The molecule has 0 aliphatic heterocycles. The number of thioether (sulfide) groups is 1. The van der Waals surface area contributed by atoms with Gasteiger partial charge < -0.3 is 9.15 Å². The monoisotopic (exact) mass is 274 g/mol. The third-order valence-corrected chi connectivity index (χ3v) is 2.80. The van der Waals surface area contributed by atoms with Gasteiger partial charge in [0, 0.05) is 17.3 Å². The minimum Gasteiger partial charge on any atom is -0.497 e. The SMILES string of the molecule is COc1cccc(-c2ccc(SC(F)(F)F)o2)c1.